The molecular weight excluding hydrogens is 290 g/mol. The van der Waals surface area contributed by atoms with E-state index in [0.717, 1.165) is 22.5 Å². The Kier molecular flexibility index (Phi) is 4.10. The highest BCUT2D eigenvalue weighted by Crippen LogP contribution is 2.25. The number of urea groups is 1. The summed E-state index contributed by atoms with van der Waals surface area (Å²) >= 11 is 0. The molecule has 5 heteroatoms. The second-order valence-electron chi connectivity index (χ2n) is 5.84. The summed E-state index contributed by atoms with van der Waals surface area (Å²) in [7, 11) is 0. The second-order valence-corrected chi connectivity index (χ2v) is 5.84. The number of rotatable bonds is 4. The van der Waals surface area contributed by atoms with E-state index in [4.69, 9.17) is 4.42 Å². The molecule has 1 aromatic carbocycles. The van der Waals surface area contributed by atoms with Gasteiger partial charge in [-0.15, -0.1) is 0 Å². The van der Waals surface area contributed by atoms with Crippen molar-refractivity contribution in [3.05, 3.63) is 58.7 Å². The van der Waals surface area contributed by atoms with Gasteiger partial charge in [-0.2, -0.15) is 0 Å². The first-order valence-electron chi connectivity index (χ1n) is 7.67. The Morgan fingerprint density at radius 1 is 1.17 bits per heavy atom. The van der Waals surface area contributed by atoms with Crippen molar-refractivity contribution in [2.45, 2.75) is 33.9 Å². The highest BCUT2D eigenvalue weighted by molar-refractivity contribution is 5.88. The SMILES string of the molecule is Cc1cc(CNC(=O)NCc2ccco2)c2[nH]c(C)c(C)c2c1. The molecule has 0 atom stereocenters. The summed E-state index contributed by atoms with van der Waals surface area (Å²) in [6.45, 7) is 7.10. The molecule has 0 aliphatic carbocycles. The number of hydrogen-bond acceptors (Lipinski definition) is 2. The number of furan rings is 1. The third-order valence-corrected chi connectivity index (χ3v) is 4.09. The van der Waals surface area contributed by atoms with Crippen LogP contribution in [0, 0.1) is 20.8 Å². The van der Waals surface area contributed by atoms with Crippen molar-refractivity contribution >= 4 is 16.9 Å². The van der Waals surface area contributed by atoms with Gasteiger partial charge >= 0.3 is 6.03 Å². The Morgan fingerprint density at radius 3 is 2.70 bits per heavy atom. The highest BCUT2D eigenvalue weighted by Gasteiger charge is 2.10. The molecule has 0 radical (unpaired) electrons. The molecule has 0 saturated carbocycles. The molecule has 0 aliphatic rings. The normalized spacial score (nSPS) is 10.9. The number of benzene rings is 1. The van der Waals surface area contributed by atoms with E-state index in [0.29, 0.717) is 13.1 Å². The summed E-state index contributed by atoms with van der Waals surface area (Å²) in [5.74, 6) is 0.730. The topological polar surface area (TPSA) is 70.1 Å². The molecule has 2 heterocycles. The maximum absolute atomic E-state index is 11.9. The monoisotopic (exact) mass is 311 g/mol. The first-order valence-corrected chi connectivity index (χ1v) is 7.67. The van der Waals surface area contributed by atoms with Crippen molar-refractivity contribution in [3.63, 3.8) is 0 Å². The van der Waals surface area contributed by atoms with Gasteiger partial charge in [-0.25, -0.2) is 4.79 Å². The van der Waals surface area contributed by atoms with Crippen LogP contribution in [0.25, 0.3) is 10.9 Å². The van der Waals surface area contributed by atoms with E-state index in [2.05, 4.69) is 48.5 Å². The van der Waals surface area contributed by atoms with Crippen molar-refractivity contribution in [3.8, 4) is 0 Å². The van der Waals surface area contributed by atoms with Gasteiger partial charge in [-0.05, 0) is 50.1 Å². The van der Waals surface area contributed by atoms with Crippen molar-refractivity contribution in [1.29, 1.82) is 0 Å². The number of amides is 2. The van der Waals surface area contributed by atoms with Gasteiger partial charge in [-0.1, -0.05) is 11.6 Å². The van der Waals surface area contributed by atoms with Crippen molar-refractivity contribution in [2.75, 3.05) is 0 Å². The number of hydrogen-bond donors (Lipinski definition) is 3. The van der Waals surface area contributed by atoms with Gasteiger partial charge in [0.25, 0.3) is 0 Å². The van der Waals surface area contributed by atoms with E-state index in [-0.39, 0.29) is 6.03 Å². The lowest BCUT2D eigenvalue weighted by atomic mass is 10.0. The zero-order chi connectivity index (χ0) is 16.4. The van der Waals surface area contributed by atoms with Gasteiger partial charge in [0.1, 0.15) is 5.76 Å². The molecule has 23 heavy (non-hydrogen) atoms. The van der Waals surface area contributed by atoms with Crippen LogP contribution in [-0.4, -0.2) is 11.0 Å². The van der Waals surface area contributed by atoms with Crippen LogP contribution in [0.15, 0.2) is 34.9 Å². The van der Waals surface area contributed by atoms with Gasteiger partial charge in [-0.3, -0.25) is 0 Å². The maximum Gasteiger partial charge on any atom is 0.315 e. The zero-order valence-corrected chi connectivity index (χ0v) is 13.6. The number of aromatic nitrogens is 1. The number of carbonyl (C=O) groups is 1. The smallest absolute Gasteiger partial charge is 0.315 e. The molecule has 0 spiro atoms. The molecule has 2 aromatic heterocycles. The molecule has 5 nitrogen and oxygen atoms in total. The van der Waals surface area contributed by atoms with Crippen LogP contribution in [0.2, 0.25) is 0 Å². The Balaban J connectivity index is 1.69. The molecule has 0 aliphatic heterocycles. The number of aromatic amines is 1. The summed E-state index contributed by atoms with van der Waals surface area (Å²) in [4.78, 5) is 15.3. The summed E-state index contributed by atoms with van der Waals surface area (Å²) in [6.07, 6.45) is 1.59. The maximum atomic E-state index is 11.9. The average molecular weight is 311 g/mol. The first kappa shape index (κ1) is 15.2. The number of nitrogens with one attached hydrogen (secondary N) is 3. The lowest BCUT2D eigenvalue weighted by Gasteiger charge is -2.09. The van der Waals surface area contributed by atoms with Crippen LogP contribution in [0.5, 0.6) is 0 Å². The standard InChI is InChI=1S/C18H21N3O2/c1-11-7-14(17-16(8-11)12(2)13(3)21-17)9-19-18(22)20-10-15-5-4-6-23-15/h4-8,21H,9-10H2,1-3H3,(H2,19,20,22). The van der Waals surface area contributed by atoms with Gasteiger partial charge in [0.2, 0.25) is 0 Å². The number of H-pyrrole nitrogens is 1. The zero-order valence-electron chi connectivity index (χ0n) is 13.6. The molecule has 120 valence electrons. The Bertz CT molecular complexity index is 832. The van der Waals surface area contributed by atoms with Gasteiger partial charge in [0, 0.05) is 17.6 Å². The van der Waals surface area contributed by atoms with E-state index in [1.54, 1.807) is 12.3 Å². The van der Waals surface area contributed by atoms with E-state index < -0.39 is 0 Å². The number of fused-ring (bicyclic) bond motifs is 1. The fourth-order valence-corrected chi connectivity index (χ4v) is 2.75. The molecule has 3 aromatic rings. The highest BCUT2D eigenvalue weighted by atomic mass is 16.3. The summed E-state index contributed by atoms with van der Waals surface area (Å²) < 4.78 is 5.19. The Labute approximate surface area is 135 Å². The van der Waals surface area contributed by atoms with Crippen molar-refractivity contribution in [2.24, 2.45) is 0 Å². The average Bonchev–Trinajstić information content (AvgIpc) is 3.13. The lowest BCUT2D eigenvalue weighted by Crippen LogP contribution is -2.34. The number of aryl methyl sites for hydroxylation is 3. The summed E-state index contributed by atoms with van der Waals surface area (Å²) in [6, 6.07) is 7.69. The molecule has 2 amide bonds. The molecule has 3 rings (SSSR count). The van der Waals surface area contributed by atoms with Gasteiger partial charge in [0.05, 0.1) is 18.3 Å². The van der Waals surface area contributed by atoms with Gasteiger partial charge in [0.15, 0.2) is 0 Å². The largest absolute Gasteiger partial charge is 0.467 e. The van der Waals surface area contributed by atoms with Crippen LogP contribution in [0.1, 0.15) is 28.1 Å². The second kappa shape index (κ2) is 6.20. The summed E-state index contributed by atoms with van der Waals surface area (Å²) in [5.41, 5.74) is 5.79. The molecule has 3 N–H and O–H groups in total. The van der Waals surface area contributed by atoms with Crippen LogP contribution < -0.4 is 10.6 Å². The van der Waals surface area contributed by atoms with Crippen LogP contribution in [0.4, 0.5) is 4.79 Å². The minimum absolute atomic E-state index is 0.212. The third-order valence-electron chi connectivity index (χ3n) is 4.09. The fraction of sp³-hybridized carbons (Fsp3) is 0.278. The van der Waals surface area contributed by atoms with E-state index in [1.165, 1.54) is 16.5 Å². The minimum Gasteiger partial charge on any atom is -0.467 e. The van der Waals surface area contributed by atoms with E-state index in [1.807, 2.05) is 6.07 Å². The van der Waals surface area contributed by atoms with Crippen molar-refractivity contribution < 1.29 is 9.21 Å². The molecular formula is C18H21N3O2. The molecule has 0 unspecified atom stereocenters. The predicted octanol–water partition coefficient (Wildman–Crippen LogP) is 3.69. The van der Waals surface area contributed by atoms with Crippen LogP contribution in [0.3, 0.4) is 0 Å². The van der Waals surface area contributed by atoms with Crippen molar-refractivity contribution in [1.82, 2.24) is 15.6 Å². The van der Waals surface area contributed by atoms with E-state index >= 15 is 0 Å². The lowest BCUT2D eigenvalue weighted by molar-refractivity contribution is 0.239. The first-order chi connectivity index (χ1) is 11.0. The molecule has 0 bridgehead atoms. The van der Waals surface area contributed by atoms with Gasteiger partial charge < -0.3 is 20.0 Å². The quantitative estimate of drug-likeness (QED) is 0.688. The number of carbonyl (C=O) groups excluding carboxylic acids is 1. The minimum atomic E-state index is -0.212. The summed E-state index contributed by atoms with van der Waals surface area (Å²) in [5, 5.41) is 6.90. The predicted molar refractivity (Wildman–Crippen MR) is 90.3 cm³/mol. The Morgan fingerprint density at radius 2 is 1.96 bits per heavy atom. The molecule has 0 saturated heterocycles. The Hall–Kier alpha value is -2.69. The van der Waals surface area contributed by atoms with Crippen LogP contribution >= 0.6 is 0 Å². The van der Waals surface area contributed by atoms with Crippen LogP contribution in [-0.2, 0) is 13.1 Å². The third kappa shape index (κ3) is 3.23. The fourth-order valence-electron chi connectivity index (χ4n) is 2.75. The van der Waals surface area contributed by atoms with E-state index in [9.17, 15) is 4.79 Å². The molecule has 0 fully saturated rings.